The monoisotopic (exact) mass is 348 g/mol. The molecule has 1 fully saturated rings. The Morgan fingerprint density at radius 1 is 1.50 bits per heavy atom. The smallest absolute Gasteiger partial charge is 0.241 e. The number of carbonyl (C=O) groups is 1. The Hall–Kier alpha value is -1.80. The van der Waals surface area contributed by atoms with Gasteiger partial charge in [-0.1, -0.05) is 11.8 Å². The van der Waals surface area contributed by atoms with E-state index in [0.29, 0.717) is 12.5 Å². The zero-order valence-corrected chi connectivity index (χ0v) is 14.8. The normalized spacial score (nSPS) is 17.8. The minimum absolute atomic E-state index is 0.00385. The number of nitrogens with one attached hydrogen (secondary N) is 2. The number of piperidine rings is 1. The van der Waals surface area contributed by atoms with Crippen LogP contribution in [0.5, 0.6) is 0 Å². The fraction of sp³-hybridized carbons (Fsp3) is 0.562. The minimum Gasteiger partial charge on any atom is -0.354 e. The third kappa shape index (κ3) is 4.39. The number of amides is 1. The van der Waals surface area contributed by atoms with Crippen LogP contribution in [0.2, 0.25) is 0 Å². The van der Waals surface area contributed by atoms with Gasteiger partial charge in [0.05, 0.1) is 0 Å². The molecule has 1 amide bonds. The molecule has 0 aliphatic carbocycles. The lowest BCUT2D eigenvalue weighted by molar-refractivity contribution is -0.121. The minimum atomic E-state index is 0.00385. The molecule has 1 atom stereocenters. The van der Waals surface area contributed by atoms with Crippen LogP contribution in [0, 0.1) is 0 Å². The predicted octanol–water partition coefficient (Wildman–Crippen LogP) is 0.992. The average molecular weight is 348 g/mol. The third-order valence-corrected chi connectivity index (χ3v) is 5.25. The van der Waals surface area contributed by atoms with Gasteiger partial charge in [0.15, 0.2) is 5.16 Å². The van der Waals surface area contributed by atoms with Crippen LogP contribution in [0.15, 0.2) is 29.8 Å². The molecule has 3 heterocycles. The molecular formula is C16H24N6OS. The molecule has 24 heavy (non-hydrogen) atoms. The molecule has 1 aliphatic heterocycles. The first-order valence-electron chi connectivity index (χ1n) is 8.33. The van der Waals surface area contributed by atoms with E-state index in [1.165, 1.54) is 6.42 Å². The Kier molecular flexibility index (Phi) is 5.92. The first-order chi connectivity index (χ1) is 11.7. The SMILES string of the molecule is Cn1ccnc1SCCNC(=O)Cn1nccc1[C@@H]1CCCNC1. The summed E-state index contributed by atoms with van der Waals surface area (Å²) in [5.41, 5.74) is 1.15. The third-order valence-electron chi connectivity index (χ3n) is 4.19. The zero-order chi connectivity index (χ0) is 16.8. The van der Waals surface area contributed by atoms with E-state index in [-0.39, 0.29) is 12.5 Å². The van der Waals surface area contributed by atoms with E-state index >= 15 is 0 Å². The van der Waals surface area contributed by atoms with E-state index in [1.807, 2.05) is 28.6 Å². The van der Waals surface area contributed by atoms with Gasteiger partial charge in [-0.25, -0.2) is 4.98 Å². The van der Waals surface area contributed by atoms with Crippen LogP contribution in [0.1, 0.15) is 24.5 Å². The van der Waals surface area contributed by atoms with Gasteiger partial charge in [0.25, 0.3) is 0 Å². The number of hydrogen-bond donors (Lipinski definition) is 2. The molecule has 8 heteroatoms. The highest BCUT2D eigenvalue weighted by Gasteiger charge is 2.19. The standard InChI is InChI=1S/C16H24N6OS/c1-21-9-7-19-16(21)24-10-8-18-15(23)12-22-14(4-6-20-22)13-3-2-5-17-11-13/h4,6-7,9,13,17H,2-3,5,8,10-12H2,1H3,(H,18,23)/t13-/m1/s1. The summed E-state index contributed by atoms with van der Waals surface area (Å²) in [5, 5.41) is 11.7. The van der Waals surface area contributed by atoms with Crippen LogP contribution < -0.4 is 10.6 Å². The van der Waals surface area contributed by atoms with Crippen molar-refractivity contribution in [3.8, 4) is 0 Å². The van der Waals surface area contributed by atoms with Crippen molar-refractivity contribution in [3.05, 3.63) is 30.4 Å². The van der Waals surface area contributed by atoms with Gasteiger partial charge in [-0.3, -0.25) is 9.48 Å². The molecule has 0 spiro atoms. The summed E-state index contributed by atoms with van der Waals surface area (Å²) >= 11 is 1.64. The number of aryl methyl sites for hydroxylation is 1. The van der Waals surface area contributed by atoms with Crippen molar-refractivity contribution < 1.29 is 4.79 Å². The predicted molar refractivity (Wildman–Crippen MR) is 94.0 cm³/mol. The Balaban J connectivity index is 1.43. The second-order valence-electron chi connectivity index (χ2n) is 5.98. The number of rotatable bonds is 7. The summed E-state index contributed by atoms with van der Waals surface area (Å²) in [6, 6.07) is 2.03. The second kappa shape index (κ2) is 8.34. The Morgan fingerprint density at radius 2 is 2.42 bits per heavy atom. The van der Waals surface area contributed by atoms with Gasteiger partial charge >= 0.3 is 0 Å². The summed E-state index contributed by atoms with van der Waals surface area (Å²) < 4.78 is 3.81. The average Bonchev–Trinajstić information content (AvgIpc) is 3.21. The number of aromatic nitrogens is 4. The van der Waals surface area contributed by atoms with Crippen LogP contribution in [-0.4, -0.2) is 50.6 Å². The number of thioether (sulfide) groups is 1. The summed E-state index contributed by atoms with van der Waals surface area (Å²) in [7, 11) is 1.97. The number of nitrogens with zero attached hydrogens (tertiary/aromatic N) is 4. The molecule has 1 aliphatic rings. The summed E-state index contributed by atoms with van der Waals surface area (Å²) in [6.07, 6.45) is 7.81. The van der Waals surface area contributed by atoms with Gasteiger partial charge < -0.3 is 15.2 Å². The van der Waals surface area contributed by atoms with Crippen LogP contribution in [0.3, 0.4) is 0 Å². The largest absolute Gasteiger partial charge is 0.354 e. The topological polar surface area (TPSA) is 76.8 Å². The Labute approximate surface area is 146 Å². The Morgan fingerprint density at radius 3 is 3.17 bits per heavy atom. The molecule has 2 aromatic heterocycles. The highest BCUT2D eigenvalue weighted by molar-refractivity contribution is 7.99. The summed E-state index contributed by atoms with van der Waals surface area (Å²) in [4.78, 5) is 16.4. The highest BCUT2D eigenvalue weighted by Crippen LogP contribution is 2.22. The zero-order valence-electron chi connectivity index (χ0n) is 13.9. The maximum Gasteiger partial charge on any atom is 0.241 e. The first-order valence-corrected chi connectivity index (χ1v) is 9.32. The molecule has 3 rings (SSSR count). The summed E-state index contributed by atoms with van der Waals surface area (Å²) in [6.45, 7) is 2.95. The lowest BCUT2D eigenvalue weighted by Crippen LogP contribution is -2.33. The van der Waals surface area contributed by atoms with E-state index in [2.05, 4.69) is 20.7 Å². The number of hydrogen-bond acceptors (Lipinski definition) is 5. The van der Waals surface area contributed by atoms with Crippen molar-refractivity contribution >= 4 is 17.7 Å². The molecule has 0 unspecified atom stereocenters. The van der Waals surface area contributed by atoms with Crippen LogP contribution >= 0.6 is 11.8 Å². The number of imidazole rings is 1. The molecule has 130 valence electrons. The van der Waals surface area contributed by atoms with Crippen LogP contribution in [0.4, 0.5) is 0 Å². The molecule has 7 nitrogen and oxygen atoms in total. The molecule has 0 aromatic carbocycles. The molecule has 0 bridgehead atoms. The van der Waals surface area contributed by atoms with Crippen LogP contribution in [-0.2, 0) is 18.4 Å². The van der Waals surface area contributed by atoms with Crippen molar-refractivity contribution in [1.29, 1.82) is 0 Å². The van der Waals surface area contributed by atoms with Crippen molar-refractivity contribution in [1.82, 2.24) is 30.0 Å². The van der Waals surface area contributed by atoms with Gasteiger partial charge in [0, 0.05) is 56.1 Å². The molecule has 2 N–H and O–H groups in total. The van der Waals surface area contributed by atoms with E-state index in [0.717, 1.165) is 36.1 Å². The van der Waals surface area contributed by atoms with E-state index in [1.54, 1.807) is 24.2 Å². The van der Waals surface area contributed by atoms with Crippen molar-refractivity contribution in [2.45, 2.75) is 30.5 Å². The van der Waals surface area contributed by atoms with Crippen molar-refractivity contribution in [2.24, 2.45) is 7.05 Å². The second-order valence-corrected chi connectivity index (χ2v) is 7.04. The lowest BCUT2D eigenvalue weighted by Gasteiger charge is -2.23. The molecule has 2 aromatic rings. The van der Waals surface area contributed by atoms with E-state index in [4.69, 9.17) is 0 Å². The van der Waals surface area contributed by atoms with Crippen molar-refractivity contribution in [2.75, 3.05) is 25.4 Å². The van der Waals surface area contributed by atoms with Crippen molar-refractivity contribution in [3.63, 3.8) is 0 Å². The quantitative estimate of drug-likeness (QED) is 0.576. The molecular weight excluding hydrogens is 324 g/mol. The number of carbonyl (C=O) groups excluding carboxylic acids is 1. The van der Waals surface area contributed by atoms with Gasteiger partial charge in [0.2, 0.25) is 5.91 Å². The maximum absolute atomic E-state index is 12.2. The molecule has 0 saturated carbocycles. The first kappa shape index (κ1) is 17.0. The maximum atomic E-state index is 12.2. The van der Waals surface area contributed by atoms with E-state index in [9.17, 15) is 4.79 Å². The fourth-order valence-electron chi connectivity index (χ4n) is 2.94. The van der Waals surface area contributed by atoms with Crippen LogP contribution in [0.25, 0.3) is 0 Å². The van der Waals surface area contributed by atoms with Gasteiger partial charge in [0.1, 0.15) is 6.54 Å². The molecule has 1 saturated heterocycles. The van der Waals surface area contributed by atoms with Gasteiger partial charge in [-0.15, -0.1) is 0 Å². The molecule has 0 radical (unpaired) electrons. The van der Waals surface area contributed by atoms with Gasteiger partial charge in [-0.05, 0) is 25.5 Å². The Bertz CT molecular complexity index is 661. The van der Waals surface area contributed by atoms with Gasteiger partial charge in [-0.2, -0.15) is 5.10 Å². The fourth-order valence-corrected chi connectivity index (χ4v) is 3.73. The highest BCUT2D eigenvalue weighted by atomic mass is 32.2. The van der Waals surface area contributed by atoms with E-state index < -0.39 is 0 Å². The summed E-state index contributed by atoms with van der Waals surface area (Å²) in [5.74, 6) is 1.26. The lowest BCUT2D eigenvalue weighted by atomic mass is 9.96.